The van der Waals surface area contributed by atoms with Crippen LogP contribution in [0.1, 0.15) is 25.3 Å². The Balaban J connectivity index is 3.26. The van der Waals surface area contributed by atoms with Gasteiger partial charge < -0.3 is 5.11 Å². The number of aliphatic carboxylic acids is 1. The lowest BCUT2D eigenvalue weighted by Crippen LogP contribution is -2.17. The van der Waals surface area contributed by atoms with Crippen LogP contribution in [-0.2, 0) is 4.79 Å². The summed E-state index contributed by atoms with van der Waals surface area (Å²) in [6.45, 7) is 3.38. The summed E-state index contributed by atoms with van der Waals surface area (Å²) in [5.41, 5.74) is -0.463. The number of nitrogens with zero attached hydrogens (tertiary/aromatic N) is 1. The monoisotopic (exact) mass is 241 g/mol. The van der Waals surface area contributed by atoms with Gasteiger partial charge in [-0.05, 0) is 17.5 Å². The average Bonchev–Trinajstić information content (AvgIpc) is 2.19. The van der Waals surface area contributed by atoms with Gasteiger partial charge in [0.25, 0.3) is 0 Å². The van der Waals surface area contributed by atoms with Gasteiger partial charge in [0.05, 0.1) is 10.8 Å². The van der Waals surface area contributed by atoms with Crippen LogP contribution in [-0.4, -0.2) is 16.0 Å². The molecule has 1 N–H and O–H groups in total. The van der Waals surface area contributed by atoms with E-state index in [1.165, 1.54) is 6.07 Å². The van der Waals surface area contributed by atoms with Crippen molar-refractivity contribution in [1.29, 1.82) is 0 Å². The first-order valence-electron chi connectivity index (χ1n) is 5.01. The number of carbonyl (C=O) groups is 1. The van der Waals surface area contributed by atoms with Crippen LogP contribution >= 0.6 is 0 Å². The quantitative estimate of drug-likeness (QED) is 0.648. The fraction of sp³-hybridized carbons (Fsp3) is 0.364. The molecule has 17 heavy (non-hydrogen) atoms. The number of carboxylic acids is 1. The van der Waals surface area contributed by atoms with Gasteiger partial charge >= 0.3 is 11.7 Å². The van der Waals surface area contributed by atoms with Crippen LogP contribution in [0.4, 0.5) is 10.1 Å². The molecule has 0 saturated heterocycles. The number of benzene rings is 1. The van der Waals surface area contributed by atoms with Crippen molar-refractivity contribution in [3.63, 3.8) is 0 Å². The summed E-state index contributed by atoms with van der Waals surface area (Å²) in [5, 5.41) is 19.6. The molecular weight excluding hydrogens is 229 g/mol. The number of halogens is 1. The van der Waals surface area contributed by atoms with Crippen molar-refractivity contribution in [2.45, 2.75) is 19.8 Å². The molecule has 1 unspecified atom stereocenters. The molecule has 5 nitrogen and oxygen atoms in total. The largest absolute Gasteiger partial charge is 0.481 e. The van der Waals surface area contributed by atoms with Crippen molar-refractivity contribution < 1.29 is 19.2 Å². The molecule has 0 fully saturated rings. The third-order valence-electron chi connectivity index (χ3n) is 2.46. The Hall–Kier alpha value is -1.98. The normalized spacial score (nSPS) is 12.5. The molecule has 0 aromatic heterocycles. The van der Waals surface area contributed by atoms with E-state index in [4.69, 9.17) is 5.11 Å². The number of carboxylic acid groups (broad SMARTS) is 1. The summed E-state index contributed by atoms with van der Waals surface area (Å²) in [4.78, 5) is 20.7. The van der Waals surface area contributed by atoms with Crippen molar-refractivity contribution in [2.75, 3.05) is 0 Å². The predicted octanol–water partition coefficient (Wildman–Crippen LogP) is 2.56. The first kappa shape index (κ1) is 13.1. The Morgan fingerprint density at radius 2 is 2.06 bits per heavy atom. The highest BCUT2D eigenvalue weighted by molar-refractivity contribution is 5.76. The van der Waals surface area contributed by atoms with Crippen LogP contribution in [0.2, 0.25) is 0 Å². The predicted molar refractivity (Wildman–Crippen MR) is 58.3 cm³/mol. The second-order valence-electron chi connectivity index (χ2n) is 4.03. The number of nitro benzene ring substituents is 1. The first-order valence-corrected chi connectivity index (χ1v) is 5.01. The van der Waals surface area contributed by atoms with Gasteiger partial charge in [0.2, 0.25) is 5.82 Å². The molecule has 0 radical (unpaired) electrons. The zero-order valence-corrected chi connectivity index (χ0v) is 9.38. The smallest absolute Gasteiger partial charge is 0.311 e. The molecule has 1 rings (SSSR count). The Bertz CT molecular complexity index is 459. The molecule has 0 aliphatic rings. The number of hydrogen-bond acceptors (Lipinski definition) is 3. The van der Waals surface area contributed by atoms with Crippen molar-refractivity contribution in [2.24, 2.45) is 5.92 Å². The average molecular weight is 241 g/mol. The van der Waals surface area contributed by atoms with E-state index >= 15 is 0 Å². The molecule has 0 amide bonds. The van der Waals surface area contributed by atoms with Gasteiger partial charge in [0.1, 0.15) is 0 Å². The number of nitro groups is 1. The maximum atomic E-state index is 13.1. The van der Waals surface area contributed by atoms with Crippen LogP contribution in [0.3, 0.4) is 0 Å². The van der Waals surface area contributed by atoms with E-state index in [1.807, 2.05) is 0 Å². The van der Waals surface area contributed by atoms with Crippen molar-refractivity contribution in [3.05, 3.63) is 39.7 Å². The summed E-state index contributed by atoms with van der Waals surface area (Å²) in [6, 6.07) is 3.17. The molecule has 0 bridgehead atoms. The van der Waals surface area contributed by atoms with Crippen molar-refractivity contribution in [3.8, 4) is 0 Å². The van der Waals surface area contributed by atoms with Gasteiger partial charge in [-0.25, -0.2) is 0 Å². The van der Waals surface area contributed by atoms with Crippen LogP contribution in [0.15, 0.2) is 18.2 Å². The third kappa shape index (κ3) is 2.77. The van der Waals surface area contributed by atoms with Crippen LogP contribution in [0.5, 0.6) is 0 Å². The highest BCUT2D eigenvalue weighted by Crippen LogP contribution is 2.28. The molecule has 1 atom stereocenters. The second-order valence-corrected chi connectivity index (χ2v) is 4.03. The van der Waals surface area contributed by atoms with Gasteiger partial charge in [-0.15, -0.1) is 0 Å². The molecule has 92 valence electrons. The second kappa shape index (κ2) is 4.90. The van der Waals surface area contributed by atoms with Crippen LogP contribution < -0.4 is 0 Å². The number of hydrogen-bond donors (Lipinski definition) is 1. The maximum absolute atomic E-state index is 13.1. The molecular formula is C11H12FNO4. The Kier molecular flexibility index (Phi) is 3.77. The highest BCUT2D eigenvalue weighted by Gasteiger charge is 2.26. The number of rotatable bonds is 4. The molecule has 0 saturated carbocycles. The van der Waals surface area contributed by atoms with Gasteiger partial charge in [0, 0.05) is 6.07 Å². The van der Waals surface area contributed by atoms with E-state index in [0.29, 0.717) is 0 Å². The Labute approximate surface area is 97.0 Å². The Morgan fingerprint density at radius 1 is 1.47 bits per heavy atom. The van der Waals surface area contributed by atoms with Crippen LogP contribution in [0.25, 0.3) is 0 Å². The van der Waals surface area contributed by atoms with Gasteiger partial charge in [-0.2, -0.15) is 4.39 Å². The lowest BCUT2D eigenvalue weighted by atomic mass is 9.88. The summed E-state index contributed by atoms with van der Waals surface area (Å²) in [5.74, 6) is -3.17. The van der Waals surface area contributed by atoms with E-state index in [1.54, 1.807) is 13.8 Å². The van der Waals surface area contributed by atoms with Gasteiger partial charge in [-0.1, -0.05) is 19.9 Å². The minimum absolute atomic E-state index is 0.237. The van der Waals surface area contributed by atoms with Crippen molar-refractivity contribution >= 4 is 11.7 Å². The minimum Gasteiger partial charge on any atom is -0.481 e. The fourth-order valence-electron chi connectivity index (χ4n) is 1.68. The molecule has 0 heterocycles. The standard InChI is InChI=1S/C11H12FNO4/c1-6(2)10(11(14)15)7-3-4-8(12)9(5-7)13(16)17/h3-6,10H,1-2H3,(H,14,15). The third-order valence-corrected chi connectivity index (χ3v) is 2.46. The van der Waals surface area contributed by atoms with Gasteiger partial charge in [0.15, 0.2) is 0 Å². The summed E-state index contributed by atoms with van der Waals surface area (Å²) >= 11 is 0. The SMILES string of the molecule is CC(C)C(C(=O)O)c1ccc(F)c([N+](=O)[O-])c1. The first-order chi connectivity index (χ1) is 7.84. The van der Waals surface area contributed by atoms with Crippen LogP contribution in [0, 0.1) is 21.8 Å². The maximum Gasteiger partial charge on any atom is 0.311 e. The van der Waals surface area contributed by atoms with Crippen molar-refractivity contribution in [1.82, 2.24) is 0 Å². The zero-order chi connectivity index (χ0) is 13.2. The molecule has 0 spiro atoms. The lowest BCUT2D eigenvalue weighted by Gasteiger charge is -2.16. The summed E-state index contributed by atoms with van der Waals surface area (Å²) < 4.78 is 13.1. The van der Waals surface area contributed by atoms with Gasteiger partial charge in [-0.3, -0.25) is 14.9 Å². The van der Waals surface area contributed by atoms with E-state index in [0.717, 1.165) is 12.1 Å². The highest BCUT2D eigenvalue weighted by atomic mass is 19.1. The summed E-state index contributed by atoms with van der Waals surface area (Å²) in [6.07, 6.45) is 0. The Morgan fingerprint density at radius 3 is 2.47 bits per heavy atom. The fourth-order valence-corrected chi connectivity index (χ4v) is 1.68. The zero-order valence-electron chi connectivity index (χ0n) is 9.38. The topological polar surface area (TPSA) is 80.4 Å². The summed E-state index contributed by atoms with van der Waals surface area (Å²) in [7, 11) is 0. The molecule has 1 aromatic rings. The van der Waals surface area contributed by atoms with E-state index in [9.17, 15) is 19.3 Å². The van der Waals surface area contributed by atoms with E-state index < -0.39 is 28.3 Å². The molecule has 1 aromatic carbocycles. The molecule has 6 heteroatoms. The minimum atomic E-state index is -1.08. The van der Waals surface area contributed by atoms with E-state index in [-0.39, 0.29) is 11.5 Å². The molecule has 0 aliphatic heterocycles. The lowest BCUT2D eigenvalue weighted by molar-refractivity contribution is -0.387. The van der Waals surface area contributed by atoms with E-state index in [2.05, 4.69) is 0 Å². The molecule has 0 aliphatic carbocycles.